The zero-order valence-electron chi connectivity index (χ0n) is 8.83. The van der Waals surface area contributed by atoms with E-state index in [9.17, 15) is 0 Å². The first-order valence-corrected chi connectivity index (χ1v) is 4.85. The zero-order valence-corrected chi connectivity index (χ0v) is 8.83. The number of rotatable bonds is 1. The summed E-state index contributed by atoms with van der Waals surface area (Å²) in [7, 11) is 0. The Kier molecular flexibility index (Phi) is 2.79. The third kappa shape index (κ3) is 1.98. The molecule has 2 aromatic rings. The van der Waals surface area contributed by atoms with Gasteiger partial charge in [-0.3, -0.25) is 9.55 Å². The Morgan fingerprint density at radius 3 is 2.88 bits per heavy atom. The van der Waals surface area contributed by atoms with Crippen LogP contribution in [0.2, 0.25) is 0 Å². The molecule has 0 saturated carbocycles. The van der Waals surface area contributed by atoms with Gasteiger partial charge >= 0.3 is 0 Å². The fourth-order valence-corrected chi connectivity index (χ4v) is 1.40. The van der Waals surface area contributed by atoms with E-state index in [1.807, 2.05) is 42.0 Å². The highest BCUT2D eigenvalue weighted by Gasteiger charge is 1.96. The lowest BCUT2D eigenvalue weighted by Crippen LogP contribution is -2.17. The molecule has 0 fully saturated rings. The summed E-state index contributed by atoms with van der Waals surface area (Å²) >= 11 is 0. The molecule has 2 aromatic heterocycles. The molecule has 0 bridgehead atoms. The van der Waals surface area contributed by atoms with Gasteiger partial charge in [0.2, 0.25) is 6.19 Å². The molecule has 4 heteroatoms. The number of aromatic nitrogens is 2. The van der Waals surface area contributed by atoms with Gasteiger partial charge in [0.15, 0.2) is 0 Å². The van der Waals surface area contributed by atoms with Crippen molar-refractivity contribution in [2.24, 2.45) is 4.99 Å². The molecule has 0 N–H and O–H groups in total. The van der Waals surface area contributed by atoms with Gasteiger partial charge in [0.25, 0.3) is 0 Å². The summed E-state index contributed by atoms with van der Waals surface area (Å²) in [6.07, 6.45) is 5.39. The van der Waals surface area contributed by atoms with Crippen LogP contribution in [0.5, 0.6) is 0 Å². The summed E-state index contributed by atoms with van der Waals surface area (Å²) < 4.78 is 1.82. The van der Waals surface area contributed by atoms with Crippen molar-refractivity contribution in [1.29, 1.82) is 5.26 Å². The molecule has 0 amide bonds. The first-order chi connectivity index (χ1) is 7.81. The molecule has 0 aromatic carbocycles. The molecule has 2 rings (SSSR count). The predicted octanol–water partition coefficient (Wildman–Crippen LogP) is 1.56. The highest BCUT2D eigenvalue weighted by atomic mass is 15.0. The normalized spacial score (nSPS) is 11.1. The van der Waals surface area contributed by atoms with Crippen LogP contribution in [0, 0.1) is 18.4 Å². The smallest absolute Gasteiger partial charge is 0.207 e. The van der Waals surface area contributed by atoms with Crippen molar-refractivity contribution in [3.63, 3.8) is 0 Å². The topological polar surface area (TPSA) is 54.0 Å². The summed E-state index contributed by atoms with van der Waals surface area (Å²) in [4.78, 5) is 7.96. The van der Waals surface area contributed by atoms with Gasteiger partial charge in [-0.15, -0.1) is 0 Å². The number of aryl methyl sites for hydroxylation is 1. The van der Waals surface area contributed by atoms with E-state index in [-0.39, 0.29) is 0 Å². The first kappa shape index (κ1) is 10.1. The van der Waals surface area contributed by atoms with Crippen molar-refractivity contribution < 1.29 is 0 Å². The molecule has 0 saturated heterocycles. The maximum Gasteiger partial charge on any atom is 0.207 e. The molecular weight excluding hydrogens is 200 g/mol. The summed E-state index contributed by atoms with van der Waals surface area (Å²) in [5.41, 5.74) is 2.44. The van der Waals surface area contributed by atoms with Gasteiger partial charge in [-0.2, -0.15) is 10.3 Å². The largest absolute Gasteiger partial charge is 0.300 e. The van der Waals surface area contributed by atoms with E-state index in [1.165, 1.54) is 0 Å². The van der Waals surface area contributed by atoms with E-state index in [4.69, 9.17) is 5.26 Å². The van der Waals surface area contributed by atoms with E-state index in [1.54, 1.807) is 18.5 Å². The number of nitriles is 1. The Morgan fingerprint density at radius 2 is 2.19 bits per heavy atom. The summed E-state index contributed by atoms with van der Waals surface area (Å²) in [6, 6.07) is 9.37. The predicted molar refractivity (Wildman–Crippen MR) is 59.5 cm³/mol. The summed E-state index contributed by atoms with van der Waals surface area (Å²) in [5.74, 6) is 0. The third-order valence-electron chi connectivity index (χ3n) is 2.18. The third-order valence-corrected chi connectivity index (χ3v) is 2.18. The summed E-state index contributed by atoms with van der Waals surface area (Å²) in [5, 5.41) is 8.59. The Bertz CT molecular complexity index is 587. The van der Waals surface area contributed by atoms with E-state index in [2.05, 4.69) is 9.98 Å². The molecule has 2 heterocycles. The van der Waals surface area contributed by atoms with E-state index in [0.29, 0.717) is 5.49 Å². The molecule has 0 aliphatic carbocycles. The van der Waals surface area contributed by atoms with Gasteiger partial charge in [-0.05, 0) is 31.2 Å². The van der Waals surface area contributed by atoms with Crippen LogP contribution in [0.4, 0.5) is 0 Å². The first-order valence-electron chi connectivity index (χ1n) is 4.85. The Balaban J connectivity index is 2.61. The van der Waals surface area contributed by atoms with Crippen LogP contribution in [-0.2, 0) is 0 Å². The quantitative estimate of drug-likeness (QED) is 0.671. The average molecular weight is 210 g/mol. The van der Waals surface area contributed by atoms with Crippen LogP contribution >= 0.6 is 0 Å². The van der Waals surface area contributed by atoms with Crippen molar-refractivity contribution >= 4 is 0 Å². The molecule has 16 heavy (non-hydrogen) atoms. The van der Waals surface area contributed by atoms with Gasteiger partial charge in [-0.25, -0.2) is 0 Å². The Hall–Kier alpha value is -2.41. The number of pyridine rings is 2. The van der Waals surface area contributed by atoms with E-state index >= 15 is 0 Å². The van der Waals surface area contributed by atoms with Gasteiger partial charge in [0.05, 0.1) is 11.9 Å². The van der Waals surface area contributed by atoms with Crippen LogP contribution in [0.1, 0.15) is 5.69 Å². The average Bonchev–Trinajstić information content (AvgIpc) is 2.32. The standard InChI is InChI=1S/C12H10N4/c1-10-5-6-11(8-14-10)16-7-3-2-4-12(16)15-9-13/h2-8H,1H3/b15-12+. The summed E-state index contributed by atoms with van der Waals surface area (Å²) in [6.45, 7) is 1.93. The molecule has 78 valence electrons. The van der Waals surface area contributed by atoms with Crippen molar-refractivity contribution in [3.05, 3.63) is 53.9 Å². The van der Waals surface area contributed by atoms with Gasteiger partial charge < -0.3 is 0 Å². The van der Waals surface area contributed by atoms with Gasteiger partial charge in [0, 0.05) is 11.9 Å². The van der Waals surface area contributed by atoms with Gasteiger partial charge in [-0.1, -0.05) is 6.07 Å². The second kappa shape index (κ2) is 4.41. The molecule has 0 spiro atoms. The number of hydrogen-bond donors (Lipinski definition) is 0. The van der Waals surface area contributed by atoms with Crippen LogP contribution in [0.3, 0.4) is 0 Å². The molecule has 0 radical (unpaired) electrons. The van der Waals surface area contributed by atoms with E-state index in [0.717, 1.165) is 11.4 Å². The monoisotopic (exact) mass is 210 g/mol. The minimum atomic E-state index is 0.593. The maximum absolute atomic E-state index is 8.59. The van der Waals surface area contributed by atoms with Crippen molar-refractivity contribution in [2.75, 3.05) is 0 Å². The van der Waals surface area contributed by atoms with Gasteiger partial charge in [0.1, 0.15) is 5.49 Å². The Morgan fingerprint density at radius 1 is 1.31 bits per heavy atom. The molecule has 4 nitrogen and oxygen atoms in total. The highest BCUT2D eigenvalue weighted by molar-refractivity contribution is 5.29. The second-order valence-electron chi connectivity index (χ2n) is 3.30. The molecule has 0 atom stereocenters. The second-order valence-corrected chi connectivity index (χ2v) is 3.30. The van der Waals surface area contributed by atoms with Crippen molar-refractivity contribution in [2.45, 2.75) is 6.92 Å². The lowest BCUT2D eigenvalue weighted by molar-refractivity contribution is 0.939. The molecule has 0 aliphatic heterocycles. The fourth-order valence-electron chi connectivity index (χ4n) is 1.40. The van der Waals surface area contributed by atoms with Crippen LogP contribution in [0.25, 0.3) is 5.69 Å². The minimum absolute atomic E-state index is 0.593. The SMILES string of the molecule is Cc1ccc(-n2cccc/c2=N\C#N)cn1. The van der Waals surface area contributed by atoms with Crippen LogP contribution < -0.4 is 5.49 Å². The lowest BCUT2D eigenvalue weighted by atomic mass is 10.3. The number of hydrogen-bond acceptors (Lipinski definition) is 3. The fraction of sp³-hybridized carbons (Fsp3) is 0.0833. The highest BCUT2D eigenvalue weighted by Crippen LogP contribution is 2.03. The molecule has 0 unspecified atom stereocenters. The number of nitrogens with zero attached hydrogens (tertiary/aromatic N) is 4. The maximum atomic E-state index is 8.59. The van der Waals surface area contributed by atoms with Crippen molar-refractivity contribution in [1.82, 2.24) is 9.55 Å². The lowest BCUT2D eigenvalue weighted by Gasteiger charge is -2.05. The van der Waals surface area contributed by atoms with Crippen LogP contribution in [-0.4, -0.2) is 9.55 Å². The molecule has 0 aliphatic rings. The minimum Gasteiger partial charge on any atom is -0.300 e. The Labute approximate surface area is 93.2 Å². The van der Waals surface area contributed by atoms with Crippen molar-refractivity contribution in [3.8, 4) is 11.9 Å². The zero-order chi connectivity index (χ0) is 11.4. The van der Waals surface area contributed by atoms with Crippen LogP contribution in [0.15, 0.2) is 47.7 Å². The molecular formula is C12H10N4. The van der Waals surface area contributed by atoms with E-state index < -0.39 is 0 Å².